The molecule has 8 heteroatoms. The highest BCUT2D eigenvalue weighted by Gasteiger charge is 2.32. The predicted molar refractivity (Wildman–Crippen MR) is 65.2 cm³/mol. The van der Waals surface area contributed by atoms with Gasteiger partial charge in [0.1, 0.15) is 5.75 Å². The Morgan fingerprint density at radius 2 is 2.06 bits per heavy atom. The quantitative estimate of drug-likeness (QED) is 0.909. The van der Waals surface area contributed by atoms with Gasteiger partial charge in [-0.25, -0.2) is 0 Å². The zero-order valence-corrected chi connectivity index (χ0v) is 11.3. The number of benzene rings is 1. The Balaban J connectivity index is 0.00000289. The molecule has 0 spiro atoms. The fourth-order valence-electron chi connectivity index (χ4n) is 1.24. The van der Waals surface area contributed by atoms with Crippen molar-refractivity contribution >= 4 is 28.3 Å². The first-order valence-electron chi connectivity index (χ1n) is 4.51. The fraction of sp³-hybridized carbons (Fsp3) is 0.300. The highest BCUT2D eigenvalue weighted by atomic mass is 79.9. The van der Waals surface area contributed by atoms with Crippen LogP contribution < -0.4 is 10.5 Å². The van der Waals surface area contributed by atoms with Gasteiger partial charge in [-0.3, -0.25) is 0 Å². The normalized spacial score (nSPS) is 12.2. The summed E-state index contributed by atoms with van der Waals surface area (Å²) in [6, 6.07) is 4.94. The standard InChI is InChI=1S/C10H8BrF3N2O.ClH/c11-6-1-2-9(17-10(12,13)14)7(5-6)8(16)3-4-15;/h1-2,5,8H,3,16H2;1H/t8-;/m1./s1. The lowest BCUT2D eigenvalue weighted by Gasteiger charge is -2.16. The van der Waals surface area contributed by atoms with Crippen LogP contribution in [0.1, 0.15) is 18.0 Å². The average Bonchev–Trinajstić information content (AvgIpc) is 2.19. The van der Waals surface area contributed by atoms with E-state index < -0.39 is 12.4 Å². The number of hydrogen-bond donors (Lipinski definition) is 1. The molecule has 0 aliphatic carbocycles. The lowest BCUT2D eigenvalue weighted by atomic mass is 10.0. The van der Waals surface area contributed by atoms with E-state index in [2.05, 4.69) is 20.7 Å². The van der Waals surface area contributed by atoms with Crippen LogP contribution in [-0.2, 0) is 0 Å². The van der Waals surface area contributed by atoms with E-state index in [1.54, 1.807) is 6.07 Å². The minimum Gasteiger partial charge on any atom is -0.405 e. The molecule has 0 amide bonds. The van der Waals surface area contributed by atoms with E-state index in [9.17, 15) is 13.2 Å². The smallest absolute Gasteiger partial charge is 0.405 e. The summed E-state index contributed by atoms with van der Waals surface area (Å²) in [5.41, 5.74) is 5.74. The van der Waals surface area contributed by atoms with Crippen molar-refractivity contribution in [2.75, 3.05) is 0 Å². The van der Waals surface area contributed by atoms with Gasteiger partial charge in [-0.15, -0.1) is 25.6 Å². The van der Waals surface area contributed by atoms with E-state index in [0.29, 0.717) is 4.47 Å². The second-order valence-corrected chi connectivity index (χ2v) is 4.11. The van der Waals surface area contributed by atoms with Gasteiger partial charge in [0.25, 0.3) is 0 Å². The maximum absolute atomic E-state index is 12.1. The minimum absolute atomic E-state index is 0. The van der Waals surface area contributed by atoms with Crippen molar-refractivity contribution < 1.29 is 17.9 Å². The predicted octanol–water partition coefficient (Wildman–Crippen LogP) is 3.68. The molecule has 0 bridgehead atoms. The molecular formula is C10H9BrClF3N2O. The minimum atomic E-state index is -4.78. The topological polar surface area (TPSA) is 59.0 Å². The van der Waals surface area contributed by atoms with Gasteiger partial charge in [0.2, 0.25) is 0 Å². The summed E-state index contributed by atoms with van der Waals surface area (Å²) in [6.07, 6.45) is -4.88. The number of alkyl halides is 3. The second-order valence-electron chi connectivity index (χ2n) is 3.20. The van der Waals surface area contributed by atoms with Crippen LogP contribution in [0.2, 0.25) is 0 Å². The van der Waals surface area contributed by atoms with Crippen molar-refractivity contribution in [3.8, 4) is 11.8 Å². The van der Waals surface area contributed by atoms with E-state index in [1.807, 2.05) is 0 Å². The third-order valence-electron chi connectivity index (χ3n) is 1.91. The number of nitriles is 1. The van der Waals surface area contributed by atoms with Crippen molar-refractivity contribution in [3.63, 3.8) is 0 Å². The molecule has 0 aromatic heterocycles. The molecule has 2 N–H and O–H groups in total. The third-order valence-corrected chi connectivity index (χ3v) is 2.40. The van der Waals surface area contributed by atoms with Crippen LogP contribution >= 0.6 is 28.3 Å². The summed E-state index contributed by atoms with van der Waals surface area (Å²) in [6.45, 7) is 0. The lowest BCUT2D eigenvalue weighted by Crippen LogP contribution is -2.20. The van der Waals surface area contributed by atoms with Crippen LogP contribution in [0, 0.1) is 11.3 Å². The number of hydrogen-bond acceptors (Lipinski definition) is 3. The molecule has 0 heterocycles. The maximum atomic E-state index is 12.1. The van der Waals surface area contributed by atoms with Crippen molar-refractivity contribution in [2.45, 2.75) is 18.8 Å². The summed E-state index contributed by atoms with van der Waals surface area (Å²) < 4.78 is 40.8. The largest absolute Gasteiger partial charge is 0.573 e. The molecule has 0 unspecified atom stereocenters. The van der Waals surface area contributed by atoms with Crippen LogP contribution in [0.4, 0.5) is 13.2 Å². The number of rotatable bonds is 3. The van der Waals surface area contributed by atoms with Crippen LogP contribution in [-0.4, -0.2) is 6.36 Å². The Labute approximate surface area is 116 Å². The molecule has 3 nitrogen and oxygen atoms in total. The number of nitrogens with two attached hydrogens (primary N) is 1. The Hall–Kier alpha value is -0.970. The highest BCUT2D eigenvalue weighted by Crippen LogP contribution is 2.32. The molecule has 0 fully saturated rings. The molecule has 0 radical (unpaired) electrons. The summed E-state index contributed by atoms with van der Waals surface area (Å²) in [7, 11) is 0. The van der Waals surface area contributed by atoms with Gasteiger partial charge in [0.05, 0.1) is 12.5 Å². The molecule has 0 aliphatic rings. The Bertz CT molecular complexity index is 448. The van der Waals surface area contributed by atoms with Crippen LogP contribution in [0.25, 0.3) is 0 Å². The van der Waals surface area contributed by atoms with Gasteiger partial charge >= 0.3 is 6.36 Å². The first kappa shape index (κ1) is 17.0. The van der Waals surface area contributed by atoms with Crippen LogP contribution in [0.5, 0.6) is 5.75 Å². The third kappa shape index (κ3) is 5.12. The molecule has 0 saturated heterocycles. The average molecular weight is 346 g/mol. The van der Waals surface area contributed by atoms with E-state index >= 15 is 0 Å². The Kier molecular flexibility index (Phi) is 6.46. The van der Waals surface area contributed by atoms with E-state index in [-0.39, 0.29) is 30.1 Å². The van der Waals surface area contributed by atoms with Gasteiger partial charge < -0.3 is 10.5 Å². The van der Waals surface area contributed by atoms with Gasteiger partial charge in [-0.2, -0.15) is 5.26 Å². The molecule has 1 aromatic rings. The summed E-state index contributed by atoms with van der Waals surface area (Å²) in [5.74, 6) is -0.386. The van der Waals surface area contributed by atoms with E-state index in [4.69, 9.17) is 11.0 Å². The number of nitrogens with zero attached hydrogens (tertiary/aromatic N) is 1. The molecule has 1 atom stereocenters. The van der Waals surface area contributed by atoms with E-state index in [1.165, 1.54) is 12.1 Å². The Morgan fingerprint density at radius 3 is 2.56 bits per heavy atom. The highest BCUT2D eigenvalue weighted by molar-refractivity contribution is 9.10. The first-order chi connectivity index (χ1) is 7.83. The van der Waals surface area contributed by atoms with Crippen molar-refractivity contribution in [2.24, 2.45) is 5.73 Å². The zero-order chi connectivity index (χ0) is 13.1. The van der Waals surface area contributed by atoms with Crippen molar-refractivity contribution in [1.82, 2.24) is 0 Å². The van der Waals surface area contributed by atoms with Gasteiger partial charge in [-0.05, 0) is 18.2 Å². The van der Waals surface area contributed by atoms with Crippen LogP contribution in [0.3, 0.4) is 0 Å². The zero-order valence-electron chi connectivity index (χ0n) is 8.87. The summed E-state index contributed by atoms with van der Waals surface area (Å²) >= 11 is 3.12. The summed E-state index contributed by atoms with van der Waals surface area (Å²) in [4.78, 5) is 0. The van der Waals surface area contributed by atoms with Gasteiger partial charge in [0, 0.05) is 16.1 Å². The molecule has 18 heavy (non-hydrogen) atoms. The van der Waals surface area contributed by atoms with Gasteiger partial charge in [-0.1, -0.05) is 15.9 Å². The molecule has 100 valence electrons. The second kappa shape index (κ2) is 6.83. The molecule has 0 aliphatic heterocycles. The maximum Gasteiger partial charge on any atom is 0.573 e. The fourth-order valence-corrected chi connectivity index (χ4v) is 1.61. The molecule has 1 aromatic carbocycles. The van der Waals surface area contributed by atoms with Crippen LogP contribution in [0.15, 0.2) is 22.7 Å². The van der Waals surface area contributed by atoms with Crippen molar-refractivity contribution in [1.29, 1.82) is 5.26 Å². The molecule has 1 rings (SSSR count). The lowest BCUT2D eigenvalue weighted by molar-refractivity contribution is -0.275. The van der Waals surface area contributed by atoms with E-state index in [0.717, 1.165) is 6.07 Å². The molecule has 0 saturated carbocycles. The molecular weight excluding hydrogens is 336 g/mol. The first-order valence-corrected chi connectivity index (χ1v) is 5.30. The number of ether oxygens (including phenoxy) is 1. The monoisotopic (exact) mass is 344 g/mol. The summed E-state index contributed by atoms with van der Waals surface area (Å²) in [5, 5.41) is 8.49. The Morgan fingerprint density at radius 1 is 1.44 bits per heavy atom. The van der Waals surface area contributed by atoms with Gasteiger partial charge in [0.15, 0.2) is 0 Å². The SMILES string of the molecule is Cl.N#CC[C@@H](N)c1cc(Br)ccc1OC(F)(F)F. The number of halogens is 5. The van der Waals surface area contributed by atoms with Crippen molar-refractivity contribution in [3.05, 3.63) is 28.2 Å².